The van der Waals surface area contributed by atoms with Crippen molar-refractivity contribution in [1.29, 1.82) is 0 Å². The van der Waals surface area contributed by atoms with Crippen LogP contribution in [-0.4, -0.2) is 27.4 Å². The number of H-pyrrole nitrogens is 1. The van der Waals surface area contributed by atoms with Crippen molar-refractivity contribution in [3.8, 4) is 17.0 Å². The molecule has 0 aliphatic carbocycles. The number of nitrogens with zero attached hydrogens (tertiary/aromatic N) is 2. The van der Waals surface area contributed by atoms with Gasteiger partial charge in [-0.05, 0) is 42.0 Å². The van der Waals surface area contributed by atoms with Crippen LogP contribution in [0.4, 0.5) is 0 Å². The number of amides is 1. The Balaban J connectivity index is 1.70. The molecule has 1 heterocycles. The molecule has 0 atom stereocenters. The SMILES string of the molecule is O=C(N/N=C\c1cccc(O)c1)c1cc(-c2ccc(Cl)cc2Cl)n[nH]1. The zero-order valence-corrected chi connectivity index (χ0v) is 14.2. The number of hydrogen-bond donors (Lipinski definition) is 3. The molecular formula is C17H12Cl2N4O2. The van der Waals surface area contributed by atoms with Crippen molar-refractivity contribution in [1.82, 2.24) is 15.6 Å². The van der Waals surface area contributed by atoms with Gasteiger partial charge in [-0.1, -0.05) is 35.3 Å². The van der Waals surface area contributed by atoms with Crippen LogP contribution in [0.5, 0.6) is 5.75 Å². The minimum absolute atomic E-state index is 0.119. The second kappa shape index (κ2) is 7.38. The molecule has 0 unspecified atom stereocenters. The van der Waals surface area contributed by atoms with E-state index in [9.17, 15) is 9.90 Å². The van der Waals surface area contributed by atoms with Crippen molar-refractivity contribution in [2.75, 3.05) is 0 Å². The van der Waals surface area contributed by atoms with E-state index in [0.29, 0.717) is 26.9 Å². The first-order chi connectivity index (χ1) is 12.0. The van der Waals surface area contributed by atoms with Gasteiger partial charge in [0.25, 0.3) is 5.91 Å². The Morgan fingerprint density at radius 1 is 1.20 bits per heavy atom. The lowest BCUT2D eigenvalue weighted by Crippen LogP contribution is -2.17. The van der Waals surface area contributed by atoms with E-state index in [0.717, 1.165) is 0 Å². The first-order valence-electron chi connectivity index (χ1n) is 7.16. The summed E-state index contributed by atoms with van der Waals surface area (Å²) in [5.74, 6) is -0.339. The highest BCUT2D eigenvalue weighted by Gasteiger charge is 2.12. The Bertz CT molecular complexity index is 953. The van der Waals surface area contributed by atoms with Crippen LogP contribution in [0.1, 0.15) is 16.1 Å². The molecule has 3 aromatic rings. The Labute approximate surface area is 153 Å². The van der Waals surface area contributed by atoms with Crippen LogP contribution in [-0.2, 0) is 0 Å². The van der Waals surface area contributed by atoms with Crippen molar-refractivity contribution in [3.05, 3.63) is 69.8 Å². The van der Waals surface area contributed by atoms with Gasteiger partial charge in [-0.3, -0.25) is 9.89 Å². The average molecular weight is 375 g/mol. The Morgan fingerprint density at radius 3 is 2.80 bits per heavy atom. The van der Waals surface area contributed by atoms with Gasteiger partial charge in [0, 0.05) is 10.6 Å². The summed E-state index contributed by atoms with van der Waals surface area (Å²) in [5, 5.41) is 20.9. The second-order valence-electron chi connectivity index (χ2n) is 5.09. The number of halogens is 2. The molecule has 2 aromatic carbocycles. The number of phenolic OH excluding ortho intramolecular Hbond substituents is 1. The lowest BCUT2D eigenvalue weighted by Gasteiger charge is -2.00. The van der Waals surface area contributed by atoms with Gasteiger partial charge in [0.15, 0.2) is 0 Å². The predicted octanol–water partition coefficient (Wildman–Crippen LogP) is 3.85. The van der Waals surface area contributed by atoms with Gasteiger partial charge < -0.3 is 5.11 Å². The van der Waals surface area contributed by atoms with E-state index in [1.165, 1.54) is 12.3 Å². The van der Waals surface area contributed by atoms with Crippen molar-refractivity contribution < 1.29 is 9.90 Å². The van der Waals surface area contributed by atoms with Crippen LogP contribution in [0.25, 0.3) is 11.3 Å². The zero-order valence-electron chi connectivity index (χ0n) is 12.7. The number of aromatic amines is 1. The normalized spacial score (nSPS) is 11.0. The Hall–Kier alpha value is -2.83. The number of aromatic nitrogens is 2. The van der Waals surface area contributed by atoms with E-state index in [1.54, 1.807) is 42.5 Å². The smallest absolute Gasteiger partial charge is 0.289 e. The third-order valence-corrected chi connectivity index (χ3v) is 3.83. The fourth-order valence-corrected chi connectivity index (χ4v) is 2.61. The molecule has 25 heavy (non-hydrogen) atoms. The number of hydrazone groups is 1. The highest BCUT2D eigenvalue weighted by molar-refractivity contribution is 6.36. The van der Waals surface area contributed by atoms with Crippen molar-refractivity contribution in [2.45, 2.75) is 0 Å². The minimum atomic E-state index is -0.458. The molecule has 0 spiro atoms. The fraction of sp³-hybridized carbons (Fsp3) is 0. The third-order valence-electron chi connectivity index (χ3n) is 3.28. The average Bonchev–Trinajstić information content (AvgIpc) is 3.04. The van der Waals surface area contributed by atoms with Crippen LogP contribution < -0.4 is 5.43 Å². The van der Waals surface area contributed by atoms with Gasteiger partial charge in [0.2, 0.25) is 0 Å². The number of aromatic hydroxyl groups is 1. The van der Waals surface area contributed by atoms with Crippen LogP contribution in [0.3, 0.4) is 0 Å². The fourth-order valence-electron chi connectivity index (χ4n) is 2.10. The van der Waals surface area contributed by atoms with E-state index < -0.39 is 5.91 Å². The largest absolute Gasteiger partial charge is 0.508 e. The summed E-state index contributed by atoms with van der Waals surface area (Å²) in [5.41, 5.74) is 4.44. The highest BCUT2D eigenvalue weighted by Crippen LogP contribution is 2.29. The number of nitrogens with one attached hydrogen (secondary N) is 2. The summed E-state index contributed by atoms with van der Waals surface area (Å²) in [6.07, 6.45) is 1.42. The first-order valence-corrected chi connectivity index (χ1v) is 7.92. The van der Waals surface area contributed by atoms with Crippen LogP contribution in [0, 0.1) is 0 Å². The number of carbonyl (C=O) groups is 1. The molecule has 1 amide bonds. The molecule has 0 aliphatic heterocycles. The lowest BCUT2D eigenvalue weighted by atomic mass is 10.1. The van der Waals surface area contributed by atoms with E-state index in [1.807, 2.05) is 0 Å². The molecule has 0 aliphatic rings. The van der Waals surface area contributed by atoms with Crippen molar-refractivity contribution in [2.24, 2.45) is 5.10 Å². The van der Waals surface area contributed by atoms with E-state index in [4.69, 9.17) is 23.2 Å². The van der Waals surface area contributed by atoms with Gasteiger partial charge >= 0.3 is 0 Å². The summed E-state index contributed by atoms with van der Waals surface area (Å²) >= 11 is 12.0. The Morgan fingerprint density at radius 2 is 2.04 bits per heavy atom. The van der Waals surface area contributed by atoms with E-state index >= 15 is 0 Å². The van der Waals surface area contributed by atoms with Crippen LogP contribution in [0.15, 0.2) is 53.6 Å². The molecule has 0 radical (unpaired) electrons. The first kappa shape index (κ1) is 17.0. The standard InChI is InChI=1S/C17H12Cl2N4O2/c18-11-4-5-13(14(19)7-11)15-8-16(22-21-15)17(25)23-20-9-10-2-1-3-12(24)6-10/h1-9,24H,(H,21,22)(H,23,25)/b20-9-. The summed E-state index contributed by atoms with van der Waals surface area (Å²) in [6.45, 7) is 0. The number of hydrogen-bond acceptors (Lipinski definition) is 4. The van der Waals surface area contributed by atoms with Gasteiger partial charge in [-0.2, -0.15) is 10.2 Å². The summed E-state index contributed by atoms with van der Waals surface area (Å²) < 4.78 is 0. The zero-order chi connectivity index (χ0) is 17.8. The molecule has 6 nitrogen and oxygen atoms in total. The topological polar surface area (TPSA) is 90.4 Å². The summed E-state index contributed by atoms with van der Waals surface area (Å²) in [7, 11) is 0. The molecule has 126 valence electrons. The number of carbonyl (C=O) groups excluding carboxylic acids is 1. The lowest BCUT2D eigenvalue weighted by molar-refractivity contribution is 0.0950. The summed E-state index contributed by atoms with van der Waals surface area (Å²) in [4.78, 5) is 12.1. The maximum atomic E-state index is 12.1. The molecule has 3 rings (SSSR count). The number of phenols is 1. The van der Waals surface area contributed by atoms with Crippen molar-refractivity contribution in [3.63, 3.8) is 0 Å². The maximum absolute atomic E-state index is 12.1. The second-order valence-corrected chi connectivity index (χ2v) is 5.93. The Kier molecular flexibility index (Phi) is 5.02. The quantitative estimate of drug-likeness (QED) is 0.478. The molecule has 0 bridgehead atoms. The maximum Gasteiger partial charge on any atom is 0.289 e. The molecule has 0 saturated carbocycles. The minimum Gasteiger partial charge on any atom is -0.508 e. The van der Waals surface area contributed by atoms with Gasteiger partial charge in [-0.25, -0.2) is 5.43 Å². The molecule has 1 aromatic heterocycles. The van der Waals surface area contributed by atoms with Crippen LogP contribution >= 0.6 is 23.2 Å². The molecule has 8 heteroatoms. The summed E-state index contributed by atoms with van der Waals surface area (Å²) in [6, 6.07) is 13.1. The van der Waals surface area contributed by atoms with Gasteiger partial charge in [0.05, 0.1) is 16.9 Å². The number of benzene rings is 2. The van der Waals surface area contributed by atoms with Gasteiger partial charge in [-0.15, -0.1) is 0 Å². The monoisotopic (exact) mass is 374 g/mol. The third kappa shape index (κ3) is 4.17. The molecular weight excluding hydrogens is 363 g/mol. The van der Waals surface area contributed by atoms with E-state index in [2.05, 4.69) is 20.7 Å². The van der Waals surface area contributed by atoms with Crippen molar-refractivity contribution >= 4 is 35.3 Å². The van der Waals surface area contributed by atoms with Crippen LogP contribution in [0.2, 0.25) is 10.0 Å². The van der Waals surface area contributed by atoms with E-state index in [-0.39, 0.29) is 11.4 Å². The van der Waals surface area contributed by atoms with Gasteiger partial charge in [0.1, 0.15) is 11.4 Å². The molecule has 3 N–H and O–H groups in total. The highest BCUT2D eigenvalue weighted by atomic mass is 35.5. The molecule has 0 saturated heterocycles. The number of rotatable bonds is 4. The predicted molar refractivity (Wildman–Crippen MR) is 97.2 cm³/mol. The molecule has 0 fully saturated rings.